The second-order valence-corrected chi connectivity index (χ2v) is 5.52. The van der Waals surface area contributed by atoms with Crippen molar-refractivity contribution in [2.45, 2.75) is 18.9 Å². The molecular formula is C15H18ClNO5. The smallest absolute Gasteiger partial charge is 0.326 e. The summed E-state index contributed by atoms with van der Waals surface area (Å²) in [4.78, 5) is 23.7. The van der Waals surface area contributed by atoms with Gasteiger partial charge in [0.25, 0.3) is 5.91 Å². The number of carbonyl (C=O) groups excluding carboxylic acids is 1. The van der Waals surface area contributed by atoms with Crippen molar-refractivity contribution in [1.82, 2.24) is 5.32 Å². The van der Waals surface area contributed by atoms with Gasteiger partial charge in [0.05, 0.1) is 18.7 Å². The molecule has 0 saturated carbocycles. The lowest BCUT2D eigenvalue weighted by molar-refractivity contribution is -0.142. The second-order valence-electron chi connectivity index (χ2n) is 5.12. The first-order chi connectivity index (χ1) is 10.5. The van der Waals surface area contributed by atoms with Gasteiger partial charge < -0.3 is 19.9 Å². The van der Waals surface area contributed by atoms with Crippen LogP contribution in [0.15, 0.2) is 18.2 Å². The minimum Gasteiger partial charge on any atom is -0.495 e. The minimum absolute atomic E-state index is 0.232. The highest BCUT2D eigenvalue weighted by Crippen LogP contribution is 2.25. The van der Waals surface area contributed by atoms with Crippen molar-refractivity contribution < 1.29 is 24.2 Å². The fourth-order valence-electron chi connectivity index (χ4n) is 2.44. The molecule has 1 saturated heterocycles. The zero-order valence-electron chi connectivity index (χ0n) is 12.2. The Morgan fingerprint density at radius 1 is 1.50 bits per heavy atom. The fourth-order valence-corrected chi connectivity index (χ4v) is 2.63. The van der Waals surface area contributed by atoms with E-state index in [9.17, 15) is 14.7 Å². The van der Waals surface area contributed by atoms with Crippen LogP contribution < -0.4 is 10.1 Å². The molecule has 0 aromatic heterocycles. The largest absolute Gasteiger partial charge is 0.495 e. The van der Waals surface area contributed by atoms with Crippen LogP contribution in [0.4, 0.5) is 0 Å². The molecule has 2 N–H and O–H groups in total. The number of aliphatic carboxylic acids is 1. The standard InChI is InChI=1S/C15H18ClNO5/c1-21-12-7-9(4-5-11(12)16)14(18)17-13(15(19)20)10-3-2-6-22-8-10/h4-5,7,10,13H,2-3,6,8H2,1H3,(H,17,18)(H,19,20)/t10-,13-/m0/s1. The first kappa shape index (κ1) is 16.6. The number of nitrogens with one attached hydrogen (secondary N) is 1. The van der Waals surface area contributed by atoms with Crippen molar-refractivity contribution in [3.8, 4) is 5.75 Å². The van der Waals surface area contributed by atoms with Crippen LogP contribution in [0.5, 0.6) is 5.75 Å². The predicted octanol–water partition coefficient (Wildman–Crippen LogP) is 1.96. The predicted molar refractivity (Wildman–Crippen MR) is 80.4 cm³/mol. The molecule has 0 radical (unpaired) electrons. The number of carbonyl (C=O) groups is 2. The lowest BCUT2D eigenvalue weighted by atomic mass is 9.93. The number of benzene rings is 1. The van der Waals surface area contributed by atoms with Gasteiger partial charge in [0.1, 0.15) is 11.8 Å². The van der Waals surface area contributed by atoms with Gasteiger partial charge in [-0.05, 0) is 31.0 Å². The number of hydrogen-bond donors (Lipinski definition) is 2. The monoisotopic (exact) mass is 327 g/mol. The molecule has 0 unspecified atom stereocenters. The summed E-state index contributed by atoms with van der Waals surface area (Å²) in [5.74, 6) is -1.41. The van der Waals surface area contributed by atoms with Crippen molar-refractivity contribution in [1.29, 1.82) is 0 Å². The Hall–Kier alpha value is -1.79. The first-order valence-electron chi connectivity index (χ1n) is 6.98. The molecule has 0 spiro atoms. The third-order valence-corrected chi connectivity index (χ3v) is 3.95. The number of halogens is 1. The molecule has 22 heavy (non-hydrogen) atoms. The Bertz CT molecular complexity index is 557. The zero-order valence-corrected chi connectivity index (χ0v) is 12.9. The van der Waals surface area contributed by atoms with Gasteiger partial charge in [-0.15, -0.1) is 0 Å². The molecule has 2 atom stereocenters. The van der Waals surface area contributed by atoms with Crippen LogP contribution in [0.25, 0.3) is 0 Å². The highest BCUT2D eigenvalue weighted by atomic mass is 35.5. The number of amides is 1. The van der Waals surface area contributed by atoms with Gasteiger partial charge in [-0.2, -0.15) is 0 Å². The van der Waals surface area contributed by atoms with E-state index in [0.29, 0.717) is 36.0 Å². The molecule has 1 fully saturated rings. The number of rotatable bonds is 5. The van der Waals surface area contributed by atoms with E-state index in [-0.39, 0.29) is 5.92 Å². The molecule has 1 heterocycles. The number of hydrogen-bond acceptors (Lipinski definition) is 4. The highest BCUT2D eigenvalue weighted by Gasteiger charge is 2.31. The fraction of sp³-hybridized carbons (Fsp3) is 0.467. The first-order valence-corrected chi connectivity index (χ1v) is 7.35. The van der Waals surface area contributed by atoms with E-state index >= 15 is 0 Å². The van der Waals surface area contributed by atoms with Crippen LogP contribution >= 0.6 is 11.6 Å². The van der Waals surface area contributed by atoms with Gasteiger partial charge >= 0.3 is 5.97 Å². The van der Waals surface area contributed by atoms with Crippen molar-refractivity contribution in [2.24, 2.45) is 5.92 Å². The molecule has 120 valence electrons. The maximum Gasteiger partial charge on any atom is 0.326 e. The third-order valence-electron chi connectivity index (χ3n) is 3.63. The Morgan fingerprint density at radius 2 is 2.27 bits per heavy atom. The van der Waals surface area contributed by atoms with Gasteiger partial charge in [0.2, 0.25) is 0 Å². The average Bonchev–Trinajstić information content (AvgIpc) is 2.53. The summed E-state index contributed by atoms with van der Waals surface area (Å²) >= 11 is 5.91. The molecule has 0 bridgehead atoms. The number of carboxylic acid groups (broad SMARTS) is 1. The van der Waals surface area contributed by atoms with Crippen molar-refractivity contribution >= 4 is 23.5 Å². The lowest BCUT2D eigenvalue weighted by Crippen LogP contribution is -2.48. The van der Waals surface area contributed by atoms with E-state index in [1.54, 1.807) is 0 Å². The molecule has 1 aliphatic rings. The van der Waals surface area contributed by atoms with Crippen LogP contribution in [0.3, 0.4) is 0 Å². The lowest BCUT2D eigenvalue weighted by Gasteiger charge is -2.28. The van der Waals surface area contributed by atoms with Crippen molar-refractivity contribution in [2.75, 3.05) is 20.3 Å². The number of carboxylic acids is 1. The summed E-state index contributed by atoms with van der Waals surface area (Å²) in [5.41, 5.74) is 0.296. The van der Waals surface area contributed by atoms with Crippen LogP contribution in [0, 0.1) is 5.92 Å². The Labute approximate surface area is 133 Å². The molecular weight excluding hydrogens is 310 g/mol. The quantitative estimate of drug-likeness (QED) is 0.863. The molecule has 1 aliphatic heterocycles. The summed E-state index contributed by atoms with van der Waals surface area (Å²) in [7, 11) is 1.45. The Balaban J connectivity index is 2.12. The topological polar surface area (TPSA) is 84.9 Å². The Kier molecular flexibility index (Phi) is 5.63. The summed E-state index contributed by atoms with van der Waals surface area (Å²) in [6.07, 6.45) is 1.50. The van der Waals surface area contributed by atoms with Crippen molar-refractivity contribution in [3.05, 3.63) is 28.8 Å². The maximum atomic E-state index is 12.3. The third kappa shape index (κ3) is 3.90. The summed E-state index contributed by atoms with van der Waals surface area (Å²) in [6, 6.07) is 3.56. The van der Waals surface area contributed by atoms with Crippen LogP contribution in [0.2, 0.25) is 5.02 Å². The summed E-state index contributed by atoms with van der Waals surface area (Å²) in [5, 5.41) is 12.3. The number of methoxy groups -OCH3 is 1. The normalized spacial score (nSPS) is 19.3. The summed E-state index contributed by atoms with van der Waals surface area (Å²) in [6.45, 7) is 0.965. The van der Waals surface area contributed by atoms with Gasteiger partial charge in [0.15, 0.2) is 0 Å². The zero-order chi connectivity index (χ0) is 16.1. The maximum absolute atomic E-state index is 12.3. The second kappa shape index (κ2) is 7.47. The van der Waals surface area contributed by atoms with Crippen molar-refractivity contribution in [3.63, 3.8) is 0 Å². The van der Waals surface area contributed by atoms with Gasteiger partial charge in [-0.3, -0.25) is 4.79 Å². The summed E-state index contributed by atoms with van der Waals surface area (Å²) < 4.78 is 10.4. The van der Waals surface area contributed by atoms with E-state index < -0.39 is 17.9 Å². The van der Waals surface area contributed by atoms with Gasteiger partial charge in [0, 0.05) is 18.1 Å². The molecule has 1 aromatic rings. The van der Waals surface area contributed by atoms with Crippen LogP contribution in [-0.2, 0) is 9.53 Å². The van der Waals surface area contributed by atoms with E-state index in [2.05, 4.69) is 5.32 Å². The van der Waals surface area contributed by atoms with E-state index in [4.69, 9.17) is 21.1 Å². The molecule has 6 nitrogen and oxygen atoms in total. The SMILES string of the molecule is COc1cc(C(=O)N[C@H](C(=O)O)[C@H]2CCCOC2)ccc1Cl. The average molecular weight is 328 g/mol. The minimum atomic E-state index is -1.07. The molecule has 1 aromatic carbocycles. The van der Waals surface area contributed by atoms with Gasteiger partial charge in [-0.25, -0.2) is 4.79 Å². The van der Waals surface area contributed by atoms with Crippen LogP contribution in [0.1, 0.15) is 23.2 Å². The van der Waals surface area contributed by atoms with E-state index in [1.807, 2.05) is 0 Å². The van der Waals surface area contributed by atoms with Gasteiger partial charge in [-0.1, -0.05) is 11.6 Å². The van der Waals surface area contributed by atoms with E-state index in [1.165, 1.54) is 25.3 Å². The Morgan fingerprint density at radius 3 is 2.86 bits per heavy atom. The molecule has 2 rings (SSSR count). The molecule has 1 amide bonds. The number of ether oxygens (including phenoxy) is 2. The highest BCUT2D eigenvalue weighted by molar-refractivity contribution is 6.32. The molecule has 0 aliphatic carbocycles. The molecule has 7 heteroatoms. The van der Waals surface area contributed by atoms with E-state index in [0.717, 1.165) is 6.42 Å². The van der Waals surface area contributed by atoms with Crippen LogP contribution in [-0.4, -0.2) is 43.3 Å².